The molecule has 6 heteroatoms. The molecule has 0 heterocycles. The first-order valence-corrected chi connectivity index (χ1v) is 12.0. The van der Waals surface area contributed by atoms with Crippen LogP contribution in [0.5, 0.6) is 0 Å². The van der Waals surface area contributed by atoms with Crippen LogP contribution in [0.15, 0.2) is 66.7 Å². The van der Waals surface area contributed by atoms with Crippen LogP contribution in [0.25, 0.3) is 10.8 Å². The van der Waals surface area contributed by atoms with Crippen LogP contribution in [0.3, 0.4) is 0 Å². The van der Waals surface area contributed by atoms with Gasteiger partial charge < -0.3 is 0 Å². The summed E-state index contributed by atoms with van der Waals surface area (Å²) in [5.74, 6) is -1.93. The Morgan fingerprint density at radius 2 is 1.17 bits per heavy atom. The fourth-order valence-electron chi connectivity index (χ4n) is 4.47. The van der Waals surface area contributed by atoms with Gasteiger partial charge in [0, 0.05) is 5.39 Å². The summed E-state index contributed by atoms with van der Waals surface area (Å²) in [4.78, 5) is 0. The molecule has 0 N–H and O–H groups in total. The quantitative estimate of drug-likeness (QED) is 0.212. The summed E-state index contributed by atoms with van der Waals surface area (Å²) in [6, 6.07) is 17.0. The van der Waals surface area contributed by atoms with Crippen LogP contribution in [-0.4, -0.2) is 0 Å². The number of halogens is 6. The van der Waals surface area contributed by atoms with Crippen LogP contribution >= 0.6 is 0 Å². The number of fused-ring (bicyclic) bond motifs is 1. The van der Waals surface area contributed by atoms with E-state index >= 15 is 4.39 Å². The molecule has 0 aliphatic carbocycles. The van der Waals surface area contributed by atoms with E-state index in [1.54, 1.807) is 24.3 Å². The van der Waals surface area contributed by atoms with Gasteiger partial charge in [0.25, 0.3) is 0 Å². The van der Waals surface area contributed by atoms with Gasteiger partial charge >= 0.3 is 6.18 Å². The number of benzene rings is 4. The number of hydrogen-bond acceptors (Lipinski definition) is 0. The van der Waals surface area contributed by atoms with Gasteiger partial charge in [0.05, 0.1) is 5.56 Å². The maximum atomic E-state index is 15.1. The molecule has 4 rings (SSSR count). The molecule has 0 saturated heterocycles. The van der Waals surface area contributed by atoms with E-state index < -0.39 is 23.4 Å². The first-order valence-electron chi connectivity index (χ1n) is 12.0. The average molecular weight is 501 g/mol. The van der Waals surface area contributed by atoms with Crippen LogP contribution in [0.1, 0.15) is 46.7 Å². The van der Waals surface area contributed by atoms with Gasteiger partial charge in [-0.15, -0.1) is 0 Å². The molecule has 0 saturated carbocycles. The summed E-state index contributed by atoms with van der Waals surface area (Å²) >= 11 is 0. The lowest BCUT2D eigenvalue weighted by Crippen LogP contribution is -2.08. The molecule has 0 amide bonds. The highest BCUT2D eigenvalue weighted by Gasteiger charge is 2.33. The van der Waals surface area contributed by atoms with E-state index in [2.05, 4.69) is 6.92 Å². The molecule has 0 aliphatic rings. The zero-order chi connectivity index (χ0) is 25.9. The maximum Gasteiger partial charge on any atom is 0.419 e. The highest BCUT2D eigenvalue weighted by atomic mass is 19.4. The second kappa shape index (κ2) is 10.8. The lowest BCUT2D eigenvalue weighted by atomic mass is 9.96. The largest absolute Gasteiger partial charge is 0.419 e. The lowest BCUT2D eigenvalue weighted by molar-refractivity contribution is -0.140. The Morgan fingerprint density at radius 3 is 1.83 bits per heavy atom. The molecule has 188 valence electrons. The van der Waals surface area contributed by atoms with Gasteiger partial charge in [-0.2, -0.15) is 13.2 Å². The topological polar surface area (TPSA) is 0 Å². The third-order valence-electron chi connectivity index (χ3n) is 6.46. The van der Waals surface area contributed by atoms with Gasteiger partial charge in [-0.25, -0.2) is 13.2 Å². The highest BCUT2D eigenvalue weighted by Crippen LogP contribution is 2.32. The van der Waals surface area contributed by atoms with E-state index in [1.165, 1.54) is 6.07 Å². The van der Waals surface area contributed by atoms with Gasteiger partial charge in [-0.3, -0.25) is 0 Å². The number of aryl methyl sites for hydroxylation is 5. The average Bonchev–Trinajstić information content (AvgIpc) is 2.82. The van der Waals surface area contributed by atoms with Gasteiger partial charge in [0.15, 0.2) is 0 Å². The Hall–Kier alpha value is -3.28. The lowest BCUT2D eigenvalue weighted by Gasteiger charge is -2.11. The fraction of sp³-hybridized carbons (Fsp3) is 0.267. The predicted molar refractivity (Wildman–Crippen MR) is 131 cm³/mol. The summed E-state index contributed by atoms with van der Waals surface area (Å²) in [7, 11) is 0. The molecule has 4 aromatic carbocycles. The predicted octanol–water partition coefficient (Wildman–Crippen LogP) is 8.80. The van der Waals surface area contributed by atoms with E-state index in [4.69, 9.17) is 0 Å². The van der Waals surface area contributed by atoms with Gasteiger partial charge in [0.1, 0.15) is 17.5 Å². The molecule has 4 aromatic rings. The van der Waals surface area contributed by atoms with Crippen molar-refractivity contribution in [1.82, 2.24) is 0 Å². The Balaban J connectivity index is 1.44. The molecule has 36 heavy (non-hydrogen) atoms. The minimum Gasteiger partial charge on any atom is -0.207 e. The minimum atomic E-state index is -4.75. The van der Waals surface area contributed by atoms with Crippen molar-refractivity contribution in [1.29, 1.82) is 0 Å². The summed E-state index contributed by atoms with van der Waals surface area (Å²) in [6.45, 7) is 2.05. The molecule has 0 atom stereocenters. The SMILES string of the molecule is CCCc1ccc(CCc2ccc3c(F)c(CCc4ccc(C(F)(F)F)c(F)c4)ccc3c2)c(F)c1. The first kappa shape index (κ1) is 25.8. The summed E-state index contributed by atoms with van der Waals surface area (Å²) in [6.07, 6.45) is -1.37. The van der Waals surface area contributed by atoms with E-state index in [1.807, 2.05) is 24.3 Å². The Morgan fingerprint density at radius 1 is 0.583 bits per heavy atom. The number of hydrogen-bond donors (Lipinski definition) is 0. The van der Waals surface area contributed by atoms with Crippen molar-refractivity contribution in [2.75, 3.05) is 0 Å². The smallest absolute Gasteiger partial charge is 0.207 e. The maximum absolute atomic E-state index is 15.1. The van der Waals surface area contributed by atoms with Crippen LogP contribution < -0.4 is 0 Å². The Kier molecular flexibility index (Phi) is 7.72. The highest BCUT2D eigenvalue weighted by molar-refractivity contribution is 5.84. The number of rotatable bonds is 8. The fourth-order valence-corrected chi connectivity index (χ4v) is 4.47. The zero-order valence-corrected chi connectivity index (χ0v) is 19.9. The molecular weight excluding hydrogens is 474 g/mol. The standard InChI is InChI=1S/C30H26F6/c1-2-3-19-4-9-22(27(31)17-19)10-5-20-7-14-25-24(16-20)13-12-23(29(25)33)11-6-21-8-15-26(28(32)18-21)30(34,35)36/h4,7-9,12-18H,2-3,5-6,10-11H2,1H3. The van der Waals surface area contributed by atoms with Crippen LogP contribution in [0, 0.1) is 17.5 Å². The Labute approximate surface area is 206 Å². The van der Waals surface area contributed by atoms with Crippen LogP contribution in [0.4, 0.5) is 26.3 Å². The molecule has 0 aliphatic heterocycles. The van der Waals surface area contributed by atoms with E-state index in [0.29, 0.717) is 46.4 Å². The first-order chi connectivity index (χ1) is 17.2. The molecule has 0 spiro atoms. The van der Waals surface area contributed by atoms with E-state index in [-0.39, 0.29) is 18.7 Å². The summed E-state index contributed by atoms with van der Waals surface area (Å²) in [5.41, 5.74) is 2.06. The zero-order valence-electron chi connectivity index (χ0n) is 19.9. The minimum absolute atomic E-state index is 0.203. The second-order valence-electron chi connectivity index (χ2n) is 9.08. The van der Waals surface area contributed by atoms with Crippen molar-refractivity contribution in [2.45, 2.75) is 51.6 Å². The normalized spacial score (nSPS) is 11.9. The van der Waals surface area contributed by atoms with Gasteiger partial charge in [-0.1, -0.05) is 61.9 Å². The van der Waals surface area contributed by atoms with Crippen molar-refractivity contribution in [3.63, 3.8) is 0 Å². The third kappa shape index (κ3) is 5.92. The van der Waals surface area contributed by atoms with E-state index in [9.17, 15) is 22.0 Å². The molecule has 0 aromatic heterocycles. The molecule has 0 bridgehead atoms. The van der Waals surface area contributed by atoms with Crippen LogP contribution in [-0.2, 0) is 38.3 Å². The van der Waals surface area contributed by atoms with E-state index in [0.717, 1.165) is 30.0 Å². The summed E-state index contributed by atoms with van der Waals surface area (Å²) in [5, 5.41) is 1.15. The van der Waals surface area contributed by atoms with Crippen molar-refractivity contribution in [3.05, 3.63) is 118 Å². The molecule has 0 radical (unpaired) electrons. The van der Waals surface area contributed by atoms with Crippen molar-refractivity contribution >= 4 is 10.8 Å². The molecule has 0 nitrogen and oxygen atoms in total. The van der Waals surface area contributed by atoms with Crippen molar-refractivity contribution in [2.24, 2.45) is 0 Å². The van der Waals surface area contributed by atoms with Crippen molar-refractivity contribution in [3.8, 4) is 0 Å². The molecule has 0 unspecified atom stereocenters. The van der Waals surface area contributed by atoms with Crippen molar-refractivity contribution < 1.29 is 26.3 Å². The number of alkyl halides is 3. The third-order valence-corrected chi connectivity index (χ3v) is 6.46. The molecule has 0 fully saturated rings. The molecular formula is C30H26F6. The van der Waals surface area contributed by atoms with Crippen LogP contribution in [0.2, 0.25) is 0 Å². The summed E-state index contributed by atoms with van der Waals surface area (Å²) < 4.78 is 81.6. The Bertz CT molecular complexity index is 1370. The van der Waals surface area contributed by atoms with Gasteiger partial charge in [-0.05, 0) is 83.5 Å². The monoisotopic (exact) mass is 500 g/mol. The van der Waals surface area contributed by atoms with Gasteiger partial charge in [0.2, 0.25) is 0 Å². The second-order valence-corrected chi connectivity index (χ2v) is 9.08.